The van der Waals surface area contributed by atoms with Crippen molar-refractivity contribution < 1.29 is 4.74 Å². The van der Waals surface area contributed by atoms with Crippen molar-refractivity contribution in [2.75, 3.05) is 31.5 Å². The summed E-state index contributed by atoms with van der Waals surface area (Å²) in [7, 11) is 0. The van der Waals surface area contributed by atoms with Gasteiger partial charge in [0, 0.05) is 29.2 Å². The maximum absolute atomic E-state index is 5.88. The highest BCUT2D eigenvalue weighted by Crippen LogP contribution is 2.33. The van der Waals surface area contributed by atoms with Crippen molar-refractivity contribution in [3.05, 3.63) is 58.1 Å². The fraction of sp³-hybridized carbons (Fsp3) is 0.500. The largest absolute Gasteiger partial charge is 0.491 e. The first kappa shape index (κ1) is 19.8. The summed E-state index contributed by atoms with van der Waals surface area (Å²) >= 11 is 3.74. The Kier molecular flexibility index (Phi) is 6.27. The van der Waals surface area contributed by atoms with Crippen LogP contribution in [0.5, 0.6) is 5.75 Å². The molecule has 0 saturated carbocycles. The van der Waals surface area contributed by atoms with E-state index in [1.54, 1.807) is 0 Å². The third-order valence-electron chi connectivity index (χ3n) is 6.02. The molecule has 0 aliphatic carbocycles. The number of hydrogen-bond acceptors (Lipinski definition) is 3. The predicted molar refractivity (Wildman–Crippen MR) is 120 cm³/mol. The van der Waals surface area contributed by atoms with E-state index < -0.39 is 0 Å². The summed E-state index contributed by atoms with van der Waals surface area (Å²) in [6, 6.07) is 15.2. The first-order chi connectivity index (χ1) is 13.6. The summed E-state index contributed by atoms with van der Waals surface area (Å²) in [5, 5.41) is 3.56. The molecule has 0 aromatic heterocycles. The number of para-hydroxylation sites is 1. The van der Waals surface area contributed by atoms with Crippen LogP contribution < -0.4 is 10.1 Å². The molecular formula is C24H31BrN2O. The Labute approximate surface area is 177 Å². The zero-order chi connectivity index (χ0) is 19.5. The van der Waals surface area contributed by atoms with Gasteiger partial charge in [0.2, 0.25) is 0 Å². The second kappa shape index (κ2) is 8.87. The molecule has 4 rings (SSSR count). The van der Waals surface area contributed by atoms with Gasteiger partial charge < -0.3 is 15.0 Å². The SMILES string of the molecule is CC(C)Oc1ccc(Br)c(CC2CCN(CC3CNc4ccccc43)CC2)c1. The van der Waals surface area contributed by atoms with E-state index in [2.05, 4.69) is 82.5 Å². The molecule has 28 heavy (non-hydrogen) atoms. The maximum Gasteiger partial charge on any atom is 0.120 e. The van der Waals surface area contributed by atoms with Gasteiger partial charge in [0.05, 0.1) is 6.10 Å². The van der Waals surface area contributed by atoms with E-state index in [4.69, 9.17) is 4.74 Å². The monoisotopic (exact) mass is 442 g/mol. The number of nitrogens with zero attached hydrogens (tertiary/aromatic N) is 1. The van der Waals surface area contributed by atoms with Gasteiger partial charge in [-0.05, 0) is 87.5 Å². The van der Waals surface area contributed by atoms with Crippen molar-refractivity contribution in [3.8, 4) is 5.75 Å². The van der Waals surface area contributed by atoms with E-state index >= 15 is 0 Å². The summed E-state index contributed by atoms with van der Waals surface area (Å²) in [6.45, 7) is 8.84. The molecule has 2 aliphatic rings. The number of piperidine rings is 1. The molecule has 4 heteroatoms. The second-order valence-corrected chi connectivity index (χ2v) is 9.39. The molecule has 0 bridgehead atoms. The van der Waals surface area contributed by atoms with Crippen molar-refractivity contribution in [3.63, 3.8) is 0 Å². The zero-order valence-electron chi connectivity index (χ0n) is 17.0. The first-order valence-electron chi connectivity index (χ1n) is 10.6. The first-order valence-corrected chi connectivity index (χ1v) is 11.4. The van der Waals surface area contributed by atoms with Gasteiger partial charge in [0.1, 0.15) is 5.75 Å². The third kappa shape index (κ3) is 4.72. The summed E-state index contributed by atoms with van der Waals surface area (Å²) < 4.78 is 7.09. The van der Waals surface area contributed by atoms with E-state index in [1.165, 1.54) is 53.8 Å². The summed E-state index contributed by atoms with van der Waals surface area (Å²) in [6.07, 6.45) is 3.91. The Morgan fingerprint density at radius 2 is 1.93 bits per heavy atom. The highest BCUT2D eigenvalue weighted by atomic mass is 79.9. The average molecular weight is 443 g/mol. The number of hydrogen-bond donors (Lipinski definition) is 1. The number of rotatable bonds is 6. The molecule has 1 fully saturated rings. The van der Waals surface area contributed by atoms with Crippen LogP contribution in [0.25, 0.3) is 0 Å². The minimum atomic E-state index is 0.215. The molecule has 1 atom stereocenters. The quantitative estimate of drug-likeness (QED) is 0.620. The van der Waals surface area contributed by atoms with E-state index in [0.717, 1.165) is 24.6 Å². The number of nitrogens with one attached hydrogen (secondary N) is 1. The molecule has 2 aliphatic heterocycles. The molecule has 0 spiro atoms. The molecule has 2 aromatic rings. The fourth-order valence-electron chi connectivity index (χ4n) is 4.57. The molecule has 2 heterocycles. The number of benzene rings is 2. The molecule has 0 amide bonds. The van der Waals surface area contributed by atoms with Gasteiger partial charge in [-0.2, -0.15) is 0 Å². The lowest BCUT2D eigenvalue weighted by molar-refractivity contribution is 0.177. The smallest absolute Gasteiger partial charge is 0.120 e. The standard InChI is InChI=1S/C24H31BrN2O/c1-17(2)28-21-7-8-23(25)19(14-21)13-18-9-11-27(12-10-18)16-20-15-26-24-6-4-3-5-22(20)24/h3-8,14,17-18,20,26H,9-13,15-16H2,1-2H3. The number of anilines is 1. The third-order valence-corrected chi connectivity index (χ3v) is 6.80. The Morgan fingerprint density at radius 1 is 1.14 bits per heavy atom. The average Bonchev–Trinajstić information content (AvgIpc) is 3.09. The molecule has 0 radical (unpaired) electrons. The molecule has 2 aromatic carbocycles. The Morgan fingerprint density at radius 3 is 2.71 bits per heavy atom. The van der Waals surface area contributed by atoms with Crippen LogP contribution in [0.15, 0.2) is 46.9 Å². The lowest BCUT2D eigenvalue weighted by atomic mass is 9.89. The van der Waals surface area contributed by atoms with E-state index in [0.29, 0.717) is 5.92 Å². The lowest BCUT2D eigenvalue weighted by Gasteiger charge is -2.33. The Balaban J connectivity index is 1.30. The minimum Gasteiger partial charge on any atom is -0.491 e. The molecular weight excluding hydrogens is 412 g/mol. The van der Waals surface area contributed by atoms with E-state index in [-0.39, 0.29) is 6.10 Å². The molecule has 1 saturated heterocycles. The topological polar surface area (TPSA) is 24.5 Å². The van der Waals surface area contributed by atoms with Crippen molar-refractivity contribution in [2.24, 2.45) is 5.92 Å². The molecule has 1 unspecified atom stereocenters. The second-order valence-electron chi connectivity index (χ2n) is 8.53. The van der Waals surface area contributed by atoms with Crippen LogP contribution in [0, 0.1) is 5.92 Å². The van der Waals surface area contributed by atoms with Crippen LogP contribution in [0.2, 0.25) is 0 Å². The number of ether oxygens (including phenoxy) is 1. The highest BCUT2D eigenvalue weighted by Gasteiger charge is 2.26. The van der Waals surface area contributed by atoms with Gasteiger partial charge in [0.25, 0.3) is 0 Å². The molecule has 3 nitrogen and oxygen atoms in total. The van der Waals surface area contributed by atoms with Crippen LogP contribution in [0.3, 0.4) is 0 Å². The number of likely N-dealkylation sites (tertiary alicyclic amines) is 1. The van der Waals surface area contributed by atoms with Crippen LogP contribution in [-0.4, -0.2) is 37.2 Å². The van der Waals surface area contributed by atoms with Gasteiger partial charge in [-0.3, -0.25) is 0 Å². The summed E-state index contributed by atoms with van der Waals surface area (Å²) in [5.74, 6) is 2.38. The fourth-order valence-corrected chi connectivity index (χ4v) is 4.98. The zero-order valence-corrected chi connectivity index (χ0v) is 18.5. The van der Waals surface area contributed by atoms with Crippen LogP contribution >= 0.6 is 15.9 Å². The Hall–Kier alpha value is -1.52. The van der Waals surface area contributed by atoms with Gasteiger partial charge in [-0.15, -0.1) is 0 Å². The lowest BCUT2D eigenvalue weighted by Crippen LogP contribution is -2.37. The van der Waals surface area contributed by atoms with Crippen LogP contribution in [0.4, 0.5) is 5.69 Å². The van der Waals surface area contributed by atoms with E-state index in [1.807, 2.05) is 0 Å². The summed E-state index contributed by atoms with van der Waals surface area (Å²) in [5.41, 5.74) is 4.21. The number of halogens is 1. The maximum atomic E-state index is 5.88. The van der Waals surface area contributed by atoms with Crippen molar-refractivity contribution in [1.82, 2.24) is 4.90 Å². The van der Waals surface area contributed by atoms with Crippen molar-refractivity contribution >= 4 is 21.6 Å². The highest BCUT2D eigenvalue weighted by molar-refractivity contribution is 9.10. The van der Waals surface area contributed by atoms with E-state index in [9.17, 15) is 0 Å². The van der Waals surface area contributed by atoms with Gasteiger partial charge in [-0.1, -0.05) is 34.1 Å². The van der Waals surface area contributed by atoms with Crippen LogP contribution in [0.1, 0.15) is 43.7 Å². The van der Waals surface area contributed by atoms with Gasteiger partial charge in [-0.25, -0.2) is 0 Å². The van der Waals surface area contributed by atoms with Crippen molar-refractivity contribution in [2.45, 2.75) is 45.1 Å². The Bertz CT molecular complexity index is 799. The van der Waals surface area contributed by atoms with Crippen molar-refractivity contribution in [1.29, 1.82) is 0 Å². The number of fused-ring (bicyclic) bond motifs is 1. The van der Waals surface area contributed by atoms with Gasteiger partial charge >= 0.3 is 0 Å². The summed E-state index contributed by atoms with van der Waals surface area (Å²) in [4.78, 5) is 2.66. The van der Waals surface area contributed by atoms with Crippen LogP contribution in [-0.2, 0) is 6.42 Å². The van der Waals surface area contributed by atoms with Gasteiger partial charge in [0.15, 0.2) is 0 Å². The normalized spacial score (nSPS) is 20.2. The molecule has 150 valence electrons. The minimum absolute atomic E-state index is 0.215. The predicted octanol–water partition coefficient (Wildman–Crippen LogP) is 5.70. The molecule has 1 N–H and O–H groups in total.